The third kappa shape index (κ3) is 4.81. The van der Waals surface area contributed by atoms with E-state index in [0.717, 1.165) is 39.4 Å². The molecule has 0 aromatic heterocycles. The summed E-state index contributed by atoms with van der Waals surface area (Å²) in [7, 11) is 1.66. The largest absolute Gasteiger partial charge is 0.497 e. The van der Waals surface area contributed by atoms with Crippen LogP contribution in [0.2, 0.25) is 0 Å². The number of rotatable bonds is 7. The summed E-state index contributed by atoms with van der Waals surface area (Å²) in [6, 6.07) is 24.2. The Morgan fingerprint density at radius 2 is 1.71 bits per heavy atom. The van der Waals surface area contributed by atoms with Crippen LogP contribution in [0.3, 0.4) is 0 Å². The Hall–Kier alpha value is -3.04. The van der Waals surface area contributed by atoms with Crippen molar-refractivity contribution in [2.75, 3.05) is 7.11 Å². The molecule has 142 valence electrons. The van der Waals surface area contributed by atoms with Crippen LogP contribution >= 0.6 is 11.6 Å². The standard InChI is InChI=1S/C24H23ClN2O/c1-17(26-16-19-12-14-21(28-3)15-13-19)24-22(20-8-5-4-6-9-20)10-7-11-23(24)27-18(2)25/h4-15,26H,1,16H2,2-3H3/b27-18+. The van der Waals surface area contributed by atoms with Crippen LogP contribution in [0.25, 0.3) is 16.8 Å². The highest BCUT2D eigenvalue weighted by molar-refractivity contribution is 6.65. The summed E-state index contributed by atoms with van der Waals surface area (Å²) in [5.74, 6) is 0.839. The smallest absolute Gasteiger partial charge is 0.118 e. The zero-order valence-corrected chi connectivity index (χ0v) is 16.8. The van der Waals surface area contributed by atoms with Crippen molar-refractivity contribution in [3.05, 3.63) is 90.5 Å². The number of ether oxygens (including phenoxy) is 1. The minimum absolute atomic E-state index is 0.481. The predicted molar refractivity (Wildman–Crippen MR) is 119 cm³/mol. The zero-order chi connectivity index (χ0) is 19.9. The van der Waals surface area contributed by atoms with Crippen molar-refractivity contribution >= 4 is 28.2 Å². The van der Waals surface area contributed by atoms with Gasteiger partial charge in [-0.2, -0.15) is 0 Å². The first-order valence-corrected chi connectivity index (χ1v) is 9.41. The molecule has 3 rings (SSSR count). The van der Waals surface area contributed by atoms with Crippen LogP contribution < -0.4 is 10.1 Å². The maximum absolute atomic E-state index is 6.08. The number of nitrogens with zero attached hydrogens (tertiary/aromatic N) is 1. The molecule has 3 aromatic rings. The van der Waals surface area contributed by atoms with Gasteiger partial charge in [-0.1, -0.05) is 72.8 Å². The molecule has 0 aliphatic rings. The molecule has 1 N–H and O–H groups in total. The summed E-state index contributed by atoms with van der Waals surface area (Å²) < 4.78 is 5.22. The average molecular weight is 391 g/mol. The first kappa shape index (κ1) is 19.7. The lowest BCUT2D eigenvalue weighted by Gasteiger charge is -2.17. The summed E-state index contributed by atoms with van der Waals surface area (Å²) >= 11 is 6.08. The second-order valence-electron chi connectivity index (χ2n) is 6.35. The number of methoxy groups -OCH3 is 1. The summed E-state index contributed by atoms with van der Waals surface area (Å²) in [5, 5.41) is 3.91. The van der Waals surface area contributed by atoms with Crippen molar-refractivity contribution in [2.45, 2.75) is 13.5 Å². The van der Waals surface area contributed by atoms with Crippen molar-refractivity contribution in [1.82, 2.24) is 5.32 Å². The normalized spacial score (nSPS) is 11.2. The fourth-order valence-corrected chi connectivity index (χ4v) is 3.11. The number of nitrogens with one attached hydrogen (secondary N) is 1. The number of halogens is 1. The van der Waals surface area contributed by atoms with Crippen LogP contribution in [0.4, 0.5) is 5.69 Å². The van der Waals surface area contributed by atoms with Crippen LogP contribution in [0.15, 0.2) is 84.4 Å². The van der Waals surface area contributed by atoms with Crippen molar-refractivity contribution in [3.8, 4) is 16.9 Å². The molecule has 0 saturated carbocycles. The molecule has 0 atom stereocenters. The summed E-state index contributed by atoms with van der Waals surface area (Å²) in [4.78, 5) is 4.51. The van der Waals surface area contributed by atoms with Gasteiger partial charge in [0.05, 0.1) is 12.8 Å². The van der Waals surface area contributed by atoms with Crippen LogP contribution in [0.1, 0.15) is 18.1 Å². The van der Waals surface area contributed by atoms with E-state index in [1.165, 1.54) is 0 Å². The van der Waals surface area contributed by atoms with Gasteiger partial charge in [0.15, 0.2) is 0 Å². The van der Waals surface area contributed by atoms with E-state index in [9.17, 15) is 0 Å². The highest BCUT2D eigenvalue weighted by Gasteiger charge is 2.13. The SMILES string of the molecule is C=C(NCc1ccc(OC)cc1)c1c(/N=C(\C)Cl)cccc1-c1ccccc1. The molecule has 0 aliphatic carbocycles. The Balaban J connectivity index is 1.93. The van der Waals surface area contributed by atoms with Gasteiger partial charge in [0.1, 0.15) is 10.9 Å². The molecule has 28 heavy (non-hydrogen) atoms. The highest BCUT2D eigenvalue weighted by Crippen LogP contribution is 2.35. The van der Waals surface area contributed by atoms with Crippen molar-refractivity contribution in [3.63, 3.8) is 0 Å². The van der Waals surface area contributed by atoms with Gasteiger partial charge in [0.2, 0.25) is 0 Å². The molecular formula is C24H23ClN2O. The maximum atomic E-state index is 6.08. The van der Waals surface area contributed by atoms with Gasteiger partial charge >= 0.3 is 0 Å². The molecule has 3 aromatic carbocycles. The monoisotopic (exact) mass is 390 g/mol. The van der Waals surface area contributed by atoms with E-state index in [0.29, 0.717) is 11.7 Å². The van der Waals surface area contributed by atoms with Gasteiger partial charge in [-0.3, -0.25) is 0 Å². The molecule has 0 saturated heterocycles. The molecule has 0 heterocycles. The van der Waals surface area contributed by atoms with E-state index in [1.807, 2.05) is 54.6 Å². The Labute approximate surface area is 171 Å². The van der Waals surface area contributed by atoms with Gasteiger partial charge in [-0.05, 0) is 41.8 Å². The van der Waals surface area contributed by atoms with Gasteiger partial charge in [-0.25, -0.2) is 4.99 Å². The number of hydrogen-bond acceptors (Lipinski definition) is 3. The third-order valence-electron chi connectivity index (χ3n) is 4.37. The third-order valence-corrected chi connectivity index (χ3v) is 4.45. The maximum Gasteiger partial charge on any atom is 0.118 e. The topological polar surface area (TPSA) is 33.6 Å². The molecule has 4 heteroatoms. The Morgan fingerprint density at radius 3 is 2.36 bits per heavy atom. The lowest BCUT2D eigenvalue weighted by molar-refractivity contribution is 0.414. The number of benzene rings is 3. The van der Waals surface area contributed by atoms with Crippen LogP contribution in [-0.2, 0) is 6.54 Å². The van der Waals surface area contributed by atoms with Crippen molar-refractivity contribution in [1.29, 1.82) is 0 Å². The zero-order valence-electron chi connectivity index (χ0n) is 16.1. The summed E-state index contributed by atoms with van der Waals surface area (Å²) in [6.45, 7) is 6.70. The van der Waals surface area contributed by atoms with E-state index in [1.54, 1.807) is 14.0 Å². The fraction of sp³-hybridized carbons (Fsp3) is 0.125. The van der Waals surface area contributed by atoms with Crippen molar-refractivity contribution in [2.24, 2.45) is 4.99 Å². The molecule has 0 aliphatic heterocycles. The molecule has 0 amide bonds. The fourth-order valence-electron chi connectivity index (χ4n) is 3.02. The van der Waals surface area contributed by atoms with Gasteiger partial charge < -0.3 is 10.1 Å². The van der Waals surface area contributed by atoms with Crippen LogP contribution in [0, 0.1) is 0 Å². The van der Waals surface area contributed by atoms with E-state index in [4.69, 9.17) is 16.3 Å². The number of aliphatic imine (C=N–C) groups is 1. The molecule has 0 spiro atoms. The molecule has 0 unspecified atom stereocenters. The molecular weight excluding hydrogens is 368 g/mol. The first-order valence-electron chi connectivity index (χ1n) is 9.04. The second kappa shape index (κ2) is 9.25. The average Bonchev–Trinajstić information content (AvgIpc) is 2.72. The Bertz CT molecular complexity index is 975. The van der Waals surface area contributed by atoms with Gasteiger partial charge in [-0.15, -0.1) is 0 Å². The Morgan fingerprint density at radius 1 is 1.00 bits per heavy atom. The molecule has 0 radical (unpaired) electrons. The van der Waals surface area contributed by atoms with Crippen LogP contribution in [0.5, 0.6) is 5.75 Å². The highest BCUT2D eigenvalue weighted by atomic mass is 35.5. The predicted octanol–water partition coefficient (Wildman–Crippen LogP) is 6.41. The number of hydrogen-bond donors (Lipinski definition) is 1. The molecule has 0 fully saturated rings. The van der Waals surface area contributed by atoms with E-state index in [2.05, 4.69) is 35.1 Å². The van der Waals surface area contributed by atoms with E-state index in [-0.39, 0.29) is 0 Å². The van der Waals surface area contributed by atoms with Gasteiger partial charge in [0.25, 0.3) is 0 Å². The van der Waals surface area contributed by atoms with Crippen molar-refractivity contribution < 1.29 is 4.74 Å². The molecule has 3 nitrogen and oxygen atoms in total. The minimum Gasteiger partial charge on any atom is -0.497 e. The van der Waals surface area contributed by atoms with Gasteiger partial charge in [0, 0.05) is 17.8 Å². The first-order chi connectivity index (χ1) is 13.6. The molecule has 0 bridgehead atoms. The Kier molecular flexibility index (Phi) is 6.51. The quantitative estimate of drug-likeness (QED) is 0.473. The summed E-state index contributed by atoms with van der Waals surface area (Å²) in [6.07, 6.45) is 0. The minimum atomic E-state index is 0.481. The van der Waals surface area contributed by atoms with E-state index >= 15 is 0 Å². The lowest BCUT2D eigenvalue weighted by Crippen LogP contribution is -2.12. The summed E-state index contributed by atoms with van der Waals surface area (Å²) in [5.41, 5.74) is 5.84. The van der Waals surface area contributed by atoms with Crippen LogP contribution in [-0.4, -0.2) is 12.3 Å². The van der Waals surface area contributed by atoms with E-state index < -0.39 is 0 Å². The second-order valence-corrected chi connectivity index (χ2v) is 6.90. The lowest BCUT2D eigenvalue weighted by atomic mass is 9.96.